The minimum Gasteiger partial charge on any atom is -0.495 e. The molecule has 0 spiro atoms. The summed E-state index contributed by atoms with van der Waals surface area (Å²) in [7, 11) is 1.61. The molecule has 0 atom stereocenters. The van der Waals surface area contributed by atoms with E-state index in [1.165, 1.54) is 0 Å². The molecule has 0 aliphatic carbocycles. The Hall–Kier alpha value is -3.59. The van der Waals surface area contributed by atoms with Gasteiger partial charge in [-0.25, -0.2) is 4.98 Å². The summed E-state index contributed by atoms with van der Waals surface area (Å²) in [6.07, 6.45) is 1.64. The van der Waals surface area contributed by atoms with Gasteiger partial charge in [0.15, 0.2) is 0 Å². The van der Waals surface area contributed by atoms with Gasteiger partial charge in [-0.1, -0.05) is 24.3 Å². The summed E-state index contributed by atoms with van der Waals surface area (Å²) in [5, 5.41) is 15.4. The first kappa shape index (κ1) is 15.3. The Labute approximate surface area is 139 Å². The van der Waals surface area contributed by atoms with Crippen LogP contribution < -0.4 is 15.4 Å². The normalized spacial score (nSPS) is 9.83. The molecule has 0 fully saturated rings. The van der Waals surface area contributed by atoms with E-state index in [4.69, 9.17) is 10.00 Å². The first-order valence-corrected chi connectivity index (χ1v) is 7.29. The molecular formula is C18H15N5O. The molecule has 0 bridgehead atoms. The third-order valence-electron chi connectivity index (χ3n) is 3.32. The molecule has 3 aromatic rings. The lowest BCUT2D eigenvalue weighted by Crippen LogP contribution is -2.02. The first-order valence-electron chi connectivity index (χ1n) is 7.29. The van der Waals surface area contributed by atoms with Crippen LogP contribution in [0.5, 0.6) is 5.75 Å². The maximum absolute atomic E-state index is 9.15. The van der Waals surface area contributed by atoms with E-state index in [0.29, 0.717) is 28.8 Å². The predicted molar refractivity (Wildman–Crippen MR) is 92.7 cm³/mol. The Morgan fingerprint density at radius 3 is 2.50 bits per heavy atom. The van der Waals surface area contributed by atoms with Gasteiger partial charge in [-0.2, -0.15) is 10.2 Å². The highest BCUT2D eigenvalue weighted by Crippen LogP contribution is 2.26. The van der Waals surface area contributed by atoms with Gasteiger partial charge in [0.05, 0.1) is 24.0 Å². The van der Waals surface area contributed by atoms with E-state index in [-0.39, 0.29) is 0 Å². The van der Waals surface area contributed by atoms with Gasteiger partial charge < -0.3 is 15.4 Å². The standard InChI is InChI=1S/C18H15N5O/c1-24-16-9-5-4-8-15(16)22-18-20-11-10-17(23-18)21-14-7-3-2-6-13(14)12-19/h2-11H,1H3,(H2,20,21,22,23). The number of hydrogen-bond acceptors (Lipinski definition) is 6. The van der Waals surface area contributed by atoms with E-state index < -0.39 is 0 Å². The molecule has 0 saturated carbocycles. The summed E-state index contributed by atoms with van der Waals surface area (Å²) in [6.45, 7) is 0. The van der Waals surface area contributed by atoms with Crippen molar-refractivity contribution < 1.29 is 4.74 Å². The number of nitrogens with zero attached hydrogens (tertiary/aromatic N) is 3. The molecule has 1 heterocycles. The van der Waals surface area contributed by atoms with Crippen molar-refractivity contribution in [1.29, 1.82) is 5.26 Å². The molecule has 0 aliphatic heterocycles. The summed E-state index contributed by atoms with van der Waals surface area (Å²) in [6, 6.07) is 18.7. The number of nitriles is 1. The molecule has 3 rings (SSSR count). The second-order valence-electron chi connectivity index (χ2n) is 4.87. The number of hydrogen-bond donors (Lipinski definition) is 2. The van der Waals surface area contributed by atoms with Crippen LogP contribution in [0.2, 0.25) is 0 Å². The summed E-state index contributed by atoms with van der Waals surface area (Å²) >= 11 is 0. The number of rotatable bonds is 5. The second kappa shape index (κ2) is 7.11. The van der Waals surface area contributed by atoms with Crippen LogP contribution in [0.3, 0.4) is 0 Å². The van der Waals surface area contributed by atoms with Crippen LogP contribution in [0, 0.1) is 11.3 Å². The fraction of sp³-hybridized carbons (Fsp3) is 0.0556. The van der Waals surface area contributed by atoms with Crippen molar-refractivity contribution in [3.63, 3.8) is 0 Å². The zero-order valence-corrected chi connectivity index (χ0v) is 13.0. The smallest absolute Gasteiger partial charge is 0.229 e. The van der Waals surface area contributed by atoms with Crippen molar-refractivity contribution >= 4 is 23.1 Å². The van der Waals surface area contributed by atoms with Gasteiger partial charge in [0.25, 0.3) is 0 Å². The van der Waals surface area contributed by atoms with Gasteiger partial charge in [0.1, 0.15) is 17.6 Å². The molecule has 1 aromatic heterocycles. The summed E-state index contributed by atoms with van der Waals surface area (Å²) < 4.78 is 5.30. The van der Waals surface area contributed by atoms with E-state index in [2.05, 4.69) is 26.7 Å². The fourth-order valence-corrected chi connectivity index (χ4v) is 2.18. The Bertz CT molecular complexity index is 888. The quantitative estimate of drug-likeness (QED) is 0.744. The van der Waals surface area contributed by atoms with E-state index in [9.17, 15) is 0 Å². The molecule has 118 valence electrons. The van der Waals surface area contributed by atoms with Crippen molar-refractivity contribution in [3.05, 3.63) is 66.4 Å². The Balaban J connectivity index is 1.83. The number of benzene rings is 2. The molecule has 2 aromatic carbocycles. The van der Waals surface area contributed by atoms with Gasteiger partial charge in [0.2, 0.25) is 5.95 Å². The molecular weight excluding hydrogens is 302 g/mol. The monoisotopic (exact) mass is 317 g/mol. The van der Waals surface area contributed by atoms with E-state index in [1.807, 2.05) is 42.5 Å². The van der Waals surface area contributed by atoms with Crippen molar-refractivity contribution in [3.8, 4) is 11.8 Å². The Kier molecular flexibility index (Phi) is 4.54. The maximum atomic E-state index is 9.15. The lowest BCUT2D eigenvalue weighted by Gasteiger charge is -2.11. The van der Waals surface area contributed by atoms with Crippen LogP contribution in [0.15, 0.2) is 60.8 Å². The molecule has 0 amide bonds. The Morgan fingerprint density at radius 1 is 0.958 bits per heavy atom. The van der Waals surface area contributed by atoms with Crippen molar-refractivity contribution in [2.75, 3.05) is 17.7 Å². The summed E-state index contributed by atoms with van der Waals surface area (Å²) in [5.74, 6) is 1.72. The average Bonchev–Trinajstić information content (AvgIpc) is 2.63. The molecule has 0 aliphatic rings. The zero-order valence-electron chi connectivity index (χ0n) is 13.0. The topological polar surface area (TPSA) is 82.9 Å². The van der Waals surface area contributed by atoms with Crippen LogP contribution in [0.25, 0.3) is 0 Å². The maximum Gasteiger partial charge on any atom is 0.229 e. The summed E-state index contributed by atoms with van der Waals surface area (Å²) in [5.41, 5.74) is 2.02. The van der Waals surface area contributed by atoms with Crippen molar-refractivity contribution in [1.82, 2.24) is 9.97 Å². The SMILES string of the molecule is COc1ccccc1Nc1nccc(Nc2ccccc2C#N)n1. The largest absolute Gasteiger partial charge is 0.495 e. The van der Waals surface area contributed by atoms with Gasteiger partial charge in [0, 0.05) is 6.20 Å². The van der Waals surface area contributed by atoms with Gasteiger partial charge in [-0.15, -0.1) is 0 Å². The molecule has 0 unspecified atom stereocenters. The number of para-hydroxylation sites is 3. The van der Waals surface area contributed by atoms with Crippen LogP contribution in [-0.4, -0.2) is 17.1 Å². The first-order chi connectivity index (χ1) is 11.8. The lowest BCUT2D eigenvalue weighted by molar-refractivity contribution is 0.417. The number of nitrogens with one attached hydrogen (secondary N) is 2. The third-order valence-corrected chi connectivity index (χ3v) is 3.32. The van der Waals surface area contributed by atoms with E-state index in [1.54, 1.807) is 25.4 Å². The molecule has 2 N–H and O–H groups in total. The van der Waals surface area contributed by atoms with Crippen LogP contribution in [0.4, 0.5) is 23.1 Å². The van der Waals surface area contributed by atoms with Crippen LogP contribution >= 0.6 is 0 Å². The number of aromatic nitrogens is 2. The van der Waals surface area contributed by atoms with Crippen LogP contribution in [-0.2, 0) is 0 Å². The highest BCUT2D eigenvalue weighted by molar-refractivity contribution is 5.66. The fourth-order valence-electron chi connectivity index (χ4n) is 2.18. The van der Waals surface area contributed by atoms with Crippen molar-refractivity contribution in [2.45, 2.75) is 0 Å². The highest BCUT2D eigenvalue weighted by Gasteiger charge is 2.06. The zero-order chi connectivity index (χ0) is 16.8. The minimum absolute atomic E-state index is 0.430. The Morgan fingerprint density at radius 2 is 1.71 bits per heavy atom. The molecule has 6 heteroatoms. The van der Waals surface area contributed by atoms with Gasteiger partial charge in [-0.05, 0) is 30.3 Å². The lowest BCUT2D eigenvalue weighted by atomic mass is 10.2. The molecule has 24 heavy (non-hydrogen) atoms. The average molecular weight is 317 g/mol. The predicted octanol–water partition coefficient (Wildman–Crippen LogP) is 3.84. The highest BCUT2D eigenvalue weighted by atomic mass is 16.5. The van der Waals surface area contributed by atoms with Crippen LogP contribution in [0.1, 0.15) is 5.56 Å². The number of anilines is 4. The minimum atomic E-state index is 0.430. The second-order valence-corrected chi connectivity index (χ2v) is 4.87. The van der Waals surface area contributed by atoms with E-state index >= 15 is 0 Å². The summed E-state index contributed by atoms with van der Waals surface area (Å²) in [4.78, 5) is 8.63. The number of ether oxygens (including phenoxy) is 1. The molecule has 6 nitrogen and oxygen atoms in total. The third kappa shape index (κ3) is 3.42. The number of methoxy groups -OCH3 is 1. The molecule has 0 saturated heterocycles. The van der Waals surface area contributed by atoms with Gasteiger partial charge >= 0.3 is 0 Å². The van der Waals surface area contributed by atoms with E-state index in [0.717, 1.165) is 5.69 Å². The van der Waals surface area contributed by atoms with Gasteiger partial charge in [-0.3, -0.25) is 0 Å². The molecule has 0 radical (unpaired) electrons. The van der Waals surface area contributed by atoms with Crippen molar-refractivity contribution in [2.24, 2.45) is 0 Å².